The molecule has 0 atom stereocenters. The minimum Gasteiger partial charge on any atom is -0.370 e. The van der Waals surface area contributed by atoms with Crippen LogP contribution in [0.5, 0.6) is 0 Å². The average Bonchev–Trinajstić information content (AvgIpc) is 2.99. The average molecular weight is 362 g/mol. The second kappa shape index (κ2) is 6.69. The Kier molecular flexibility index (Phi) is 4.34. The Morgan fingerprint density at radius 1 is 1.15 bits per heavy atom. The number of pyridine rings is 1. The number of likely N-dealkylation sites (N-methyl/N-ethyl adjacent to an activating group) is 1. The highest BCUT2D eigenvalue weighted by Gasteiger charge is 2.20. The zero-order valence-corrected chi connectivity index (χ0v) is 16.3. The number of allylic oxidation sites excluding steroid dienone is 2. The molecule has 4 heteroatoms. The molecule has 0 aliphatic carbocycles. The van der Waals surface area contributed by atoms with Gasteiger partial charge in [-0.3, -0.25) is 0 Å². The van der Waals surface area contributed by atoms with Crippen LogP contribution in [0.25, 0.3) is 16.9 Å². The van der Waals surface area contributed by atoms with E-state index in [4.69, 9.17) is 0 Å². The van der Waals surface area contributed by atoms with Gasteiger partial charge >= 0.3 is 0 Å². The molecule has 0 spiro atoms. The molecule has 0 saturated heterocycles. The zero-order valence-electron chi connectivity index (χ0n) is 16.3. The molecule has 0 fully saturated rings. The van der Waals surface area contributed by atoms with Gasteiger partial charge in [0.2, 0.25) is 0 Å². The first-order valence-electron chi connectivity index (χ1n) is 9.38. The van der Waals surface area contributed by atoms with Gasteiger partial charge in [-0.1, -0.05) is 19.1 Å². The third-order valence-corrected chi connectivity index (χ3v) is 5.35. The zero-order chi connectivity index (χ0) is 19.1. The molecule has 2 aromatic heterocycles. The van der Waals surface area contributed by atoms with E-state index in [1.54, 1.807) is 6.07 Å². The summed E-state index contributed by atoms with van der Waals surface area (Å²) in [6.45, 7) is 4.84. The van der Waals surface area contributed by atoms with Crippen LogP contribution in [-0.2, 0) is 13.5 Å². The molecule has 0 radical (unpaired) electrons. The number of aromatic nitrogens is 2. The van der Waals surface area contributed by atoms with Gasteiger partial charge in [-0.15, -0.1) is 0 Å². The third kappa shape index (κ3) is 2.95. The van der Waals surface area contributed by atoms with Crippen LogP contribution in [0.3, 0.4) is 0 Å². The molecular weight excluding hydrogens is 337 g/mol. The first-order valence-corrected chi connectivity index (χ1v) is 9.38. The van der Waals surface area contributed by atoms with Gasteiger partial charge in [0.15, 0.2) is 0 Å². The Morgan fingerprint density at radius 3 is 2.67 bits per heavy atom. The number of imidazole rings is 1. The highest BCUT2D eigenvalue weighted by Crippen LogP contribution is 2.33. The first-order chi connectivity index (χ1) is 13.0. The lowest BCUT2D eigenvalue weighted by Gasteiger charge is -2.28. The third-order valence-electron chi connectivity index (χ3n) is 5.35. The minimum atomic E-state index is -0.163. The maximum Gasteiger partial charge on any atom is 0.286 e. The van der Waals surface area contributed by atoms with E-state index in [9.17, 15) is 4.39 Å². The van der Waals surface area contributed by atoms with Gasteiger partial charge in [-0.2, -0.15) is 4.40 Å². The van der Waals surface area contributed by atoms with E-state index in [-0.39, 0.29) is 5.82 Å². The summed E-state index contributed by atoms with van der Waals surface area (Å²) in [5, 5.41) is 0. The maximum absolute atomic E-state index is 13.8. The molecule has 4 rings (SSSR count). The molecule has 3 nitrogen and oxygen atoms in total. The number of rotatable bonds is 3. The Labute approximate surface area is 159 Å². The Bertz CT molecular complexity index is 1090. The fourth-order valence-electron chi connectivity index (χ4n) is 3.89. The molecule has 1 aromatic carbocycles. The summed E-state index contributed by atoms with van der Waals surface area (Å²) >= 11 is 0. The van der Waals surface area contributed by atoms with Crippen molar-refractivity contribution in [1.82, 2.24) is 9.30 Å². The monoisotopic (exact) mass is 362 g/mol. The van der Waals surface area contributed by atoms with Gasteiger partial charge in [0.05, 0.1) is 12.7 Å². The highest BCUT2D eigenvalue weighted by molar-refractivity contribution is 5.95. The van der Waals surface area contributed by atoms with Crippen molar-refractivity contribution < 1.29 is 8.96 Å². The quantitative estimate of drug-likeness (QED) is 0.638. The lowest BCUT2D eigenvalue weighted by Crippen LogP contribution is -2.25. The van der Waals surface area contributed by atoms with Gasteiger partial charge in [-0.25, -0.2) is 8.96 Å². The summed E-state index contributed by atoms with van der Waals surface area (Å²) in [4.78, 5) is 2.22. The standard InChI is InChI=1S/C23H25FN3/c1-5-19-15-26(4)22-11-9-18(14-27(19)22)20-7-6-12-25(3)23(20)17-8-10-21(24)16(2)13-17/h6-11,13-15H,5,12H2,1-4H3/q+1. The molecule has 0 bridgehead atoms. The van der Waals surface area contributed by atoms with Crippen LogP contribution in [0, 0.1) is 12.7 Å². The van der Waals surface area contributed by atoms with Crippen LogP contribution in [0.1, 0.15) is 29.3 Å². The summed E-state index contributed by atoms with van der Waals surface area (Å²) in [6.07, 6.45) is 9.73. The summed E-state index contributed by atoms with van der Waals surface area (Å²) in [7, 11) is 4.16. The van der Waals surface area contributed by atoms with Crippen molar-refractivity contribution in [2.75, 3.05) is 13.6 Å². The van der Waals surface area contributed by atoms with Crippen molar-refractivity contribution in [2.45, 2.75) is 20.3 Å². The topological polar surface area (TPSA) is 11.5 Å². The predicted molar refractivity (Wildman–Crippen MR) is 108 cm³/mol. The molecule has 27 heavy (non-hydrogen) atoms. The number of hydrogen-bond donors (Lipinski definition) is 0. The molecule has 3 heterocycles. The number of benzene rings is 1. The van der Waals surface area contributed by atoms with E-state index in [0.29, 0.717) is 5.56 Å². The fraction of sp³-hybridized carbons (Fsp3) is 0.261. The molecule has 0 amide bonds. The molecule has 1 aliphatic rings. The predicted octanol–water partition coefficient (Wildman–Crippen LogP) is 4.14. The van der Waals surface area contributed by atoms with E-state index < -0.39 is 0 Å². The number of hydrogen-bond acceptors (Lipinski definition) is 1. The van der Waals surface area contributed by atoms with Crippen LogP contribution in [-0.4, -0.2) is 22.9 Å². The number of aryl methyl sites for hydroxylation is 3. The van der Waals surface area contributed by atoms with E-state index in [2.05, 4.69) is 71.6 Å². The van der Waals surface area contributed by atoms with Crippen LogP contribution in [0.15, 0.2) is 54.9 Å². The smallest absolute Gasteiger partial charge is 0.286 e. The van der Waals surface area contributed by atoms with Gasteiger partial charge in [-0.05, 0) is 42.3 Å². The molecule has 0 unspecified atom stereocenters. The fourth-order valence-corrected chi connectivity index (χ4v) is 3.89. The summed E-state index contributed by atoms with van der Waals surface area (Å²) in [6, 6.07) is 9.71. The second-order valence-corrected chi connectivity index (χ2v) is 7.24. The highest BCUT2D eigenvalue weighted by atomic mass is 19.1. The van der Waals surface area contributed by atoms with Crippen molar-refractivity contribution in [3.63, 3.8) is 0 Å². The number of nitrogens with zero attached hydrogens (tertiary/aromatic N) is 3. The van der Waals surface area contributed by atoms with Gasteiger partial charge in [0, 0.05) is 37.2 Å². The molecule has 3 aromatic rings. The van der Waals surface area contributed by atoms with E-state index in [0.717, 1.165) is 35.4 Å². The number of fused-ring (bicyclic) bond motifs is 1. The lowest BCUT2D eigenvalue weighted by molar-refractivity contribution is -0.644. The molecule has 0 N–H and O–H groups in total. The first kappa shape index (κ1) is 17.5. The van der Waals surface area contributed by atoms with Crippen molar-refractivity contribution in [3.05, 3.63) is 83.1 Å². The van der Waals surface area contributed by atoms with Crippen molar-refractivity contribution >= 4 is 16.9 Å². The van der Waals surface area contributed by atoms with E-state index in [1.807, 2.05) is 19.1 Å². The molecule has 138 valence electrons. The van der Waals surface area contributed by atoms with E-state index >= 15 is 0 Å². The van der Waals surface area contributed by atoms with Crippen molar-refractivity contribution in [2.24, 2.45) is 7.05 Å². The van der Waals surface area contributed by atoms with Gasteiger partial charge in [0.1, 0.15) is 23.9 Å². The molecule has 0 saturated carbocycles. The molecular formula is C23H25FN3+. The van der Waals surface area contributed by atoms with Gasteiger partial charge in [0.25, 0.3) is 5.65 Å². The summed E-state index contributed by atoms with van der Waals surface area (Å²) < 4.78 is 18.2. The number of halogens is 1. The van der Waals surface area contributed by atoms with E-state index in [1.165, 1.54) is 11.3 Å². The lowest BCUT2D eigenvalue weighted by atomic mass is 9.96. The second-order valence-electron chi connectivity index (χ2n) is 7.24. The Morgan fingerprint density at radius 2 is 1.93 bits per heavy atom. The van der Waals surface area contributed by atoms with Crippen LogP contribution in [0.2, 0.25) is 0 Å². The summed E-state index contributed by atoms with van der Waals surface area (Å²) in [5.74, 6) is -0.163. The van der Waals surface area contributed by atoms with Crippen LogP contribution in [0.4, 0.5) is 4.39 Å². The van der Waals surface area contributed by atoms with Crippen LogP contribution >= 0.6 is 0 Å². The SMILES string of the molecule is CCc1c[n+](C)c2ccc(C3=C(c4ccc(F)c(C)c4)N(C)CC=C3)cn12. The van der Waals surface area contributed by atoms with Crippen LogP contribution < -0.4 is 4.57 Å². The van der Waals surface area contributed by atoms with Crippen molar-refractivity contribution in [1.29, 1.82) is 0 Å². The summed E-state index contributed by atoms with van der Waals surface area (Å²) in [5.41, 5.74) is 7.62. The maximum atomic E-state index is 13.8. The Balaban J connectivity index is 1.94. The molecule has 1 aliphatic heterocycles. The largest absolute Gasteiger partial charge is 0.370 e. The normalized spacial score (nSPS) is 14.5. The van der Waals surface area contributed by atoms with Crippen molar-refractivity contribution in [3.8, 4) is 0 Å². The minimum absolute atomic E-state index is 0.163. The van der Waals surface area contributed by atoms with Gasteiger partial charge < -0.3 is 4.90 Å². The Hall–Kier alpha value is -2.88.